The molecule has 1 heterocycles. The van der Waals surface area contributed by atoms with E-state index in [-0.39, 0.29) is 0 Å². The van der Waals surface area contributed by atoms with Gasteiger partial charge in [0.15, 0.2) is 0 Å². The lowest BCUT2D eigenvalue weighted by Crippen LogP contribution is -2.06. The lowest BCUT2D eigenvalue weighted by Gasteiger charge is -2.05. The first-order chi connectivity index (χ1) is 7.31. The molecule has 0 spiro atoms. The van der Waals surface area contributed by atoms with Crippen molar-refractivity contribution in [1.82, 2.24) is 0 Å². The molecule has 0 aliphatic carbocycles. The van der Waals surface area contributed by atoms with Crippen LogP contribution in [-0.4, -0.2) is 13.2 Å². The van der Waals surface area contributed by atoms with Gasteiger partial charge in [-0.3, -0.25) is 0 Å². The molecule has 0 saturated heterocycles. The molecular weight excluding hydrogens is 190 g/mol. The molecule has 0 radical (unpaired) electrons. The van der Waals surface area contributed by atoms with Crippen LogP contribution in [0, 0.1) is 6.92 Å². The standard InChI is InChI=1S/C12H15NO2/c1-9-8-10-11(14-7-3-6-13)4-2-5-12(10)15-9/h2,4-5,8H,3,6-7,13H2,1H3. The van der Waals surface area contributed by atoms with Crippen LogP contribution in [0.1, 0.15) is 12.2 Å². The Balaban J connectivity index is 2.25. The third-order valence-corrected chi connectivity index (χ3v) is 2.25. The summed E-state index contributed by atoms with van der Waals surface area (Å²) in [6.07, 6.45) is 0.868. The molecule has 0 saturated carbocycles. The lowest BCUT2D eigenvalue weighted by molar-refractivity contribution is 0.317. The number of furan rings is 1. The summed E-state index contributed by atoms with van der Waals surface area (Å²) in [5.74, 6) is 1.78. The van der Waals surface area contributed by atoms with Crippen LogP contribution >= 0.6 is 0 Å². The molecule has 0 fully saturated rings. The molecule has 80 valence electrons. The van der Waals surface area contributed by atoms with Crippen molar-refractivity contribution in [3.8, 4) is 5.75 Å². The highest BCUT2D eigenvalue weighted by Crippen LogP contribution is 2.28. The minimum absolute atomic E-state index is 0.653. The summed E-state index contributed by atoms with van der Waals surface area (Å²) in [4.78, 5) is 0. The minimum Gasteiger partial charge on any atom is -0.493 e. The summed E-state index contributed by atoms with van der Waals surface area (Å²) in [6, 6.07) is 7.82. The number of aryl methyl sites for hydroxylation is 1. The average molecular weight is 205 g/mol. The average Bonchev–Trinajstić information content (AvgIpc) is 2.59. The predicted molar refractivity (Wildman–Crippen MR) is 60.1 cm³/mol. The van der Waals surface area contributed by atoms with E-state index in [4.69, 9.17) is 14.9 Å². The zero-order valence-corrected chi connectivity index (χ0v) is 8.82. The second-order valence-electron chi connectivity index (χ2n) is 3.52. The van der Waals surface area contributed by atoms with E-state index in [1.807, 2.05) is 31.2 Å². The fourth-order valence-corrected chi connectivity index (χ4v) is 1.55. The fourth-order valence-electron chi connectivity index (χ4n) is 1.55. The van der Waals surface area contributed by atoms with Crippen LogP contribution in [-0.2, 0) is 0 Å². The number of fused-ring (bicyclic) bond motifs is 1. The third kappa shape index (κ3) is 2.13. The van der Waals surface area contributed by atoms with Crippen LogP contribution < -0.4 is 10.5 Å². The fraction of sp³-hybridized carbons (Fsp3) is 0.333. The molecular formula is C12H15NO2. The smallest absolute Gasteiger partial charge is 0.137 e. The van der Waals surface area contributed by atoms with Crippen LogP contribution in [0.2, 0.25) is 0 Å². The van der Waals surface area contributed by atoms with Gasteiger partial charge in [0.2, 0.25) is 0 Å². The molecule has 1 aromatic carbocycles. The molecule has 2 aromatic rings. The van der Waals surface area contributed by atoms with E-state index in [1.54, 1.807) is 0 Å². The van der Waals surface area contributed by atoms with Crippen molar-refractivity contribution in [2.75, 3.05) is 13.2 Å². The topological polar surface area (TPSA) is 48.4 Å². The number of nitrogens with two attached hydrogens (primary N) is 1. The molecule has 0 unspecified atom stereocenters. The summed E-state index contributed by atoms with van der Waals surface area (Å²) in [6.45, 7) is 3.24. The predicted octanol–water partition coefficient (Wildman–Crippen LogP) is 2.47. The molecule has 15 heavy (non-hydrogen) atoms. The van der Waals surface area contributed by atoms with Crippen molar-refractivity contribution in [3.63, 3.8) is 0 Å². The van der Waals surface area contributed by atoms with E-state index in [0.29, 0.717) is 13.2 Å². The summed E-state index contributed by atoms with van der Waals surface area (Å²) in [5, 5.41) is 1.03. The van der Waals surface area contributed by atoms with E-state index in [0.717, 1.165) is 28.9 Å². The largest absolute Gasteiger partial charge is 0.493 e. The highest BCUT2D eigenvalue weighted by Gasteiger charge is 2.05. The van der Waals surface area contributed by atoms with Gasteiger partial charge in [-0.25, -0.2) is 0 Å². The Kier molecular flexibility index (Phi) is 2.92. The van der Waals surface area contributed by atoms with Crippen molar-refractivity contribution >= 4 is 11.0 Å². The SMILES string of the molecule is Cc1cc2c(OCCCN)cccc2o1. The summed E-state index contributed by atoms with van der Waals surface area (Å²) in [5.41, 5.74) is 6.28. The first-order valence-corrected chi connectivity index (χ1v) is 5.13. The summed E-state index contributed by atoms with van der Waals surface area (Å²) in [7, 11) is 0. The second kappa shape index (κ2) is 4.36. The van der Waals surface area contributed by atoms with E-state index < -0.39 is 0 Å². The Morgan fingerprint density at radius 1 is 1.40 bits per heavy atom. The number of hydrogen-bond acceptors (Lipinski definition) is 3. The van der Waals surface area contributed by atoms with Crippen LogP contribution in [0.15, 0.2) is 28.7 Å². The first kappa shape index (κ1) is 10.1. The third-order valence-electron chi connectivity index (χ3n) is 2.25. The zero-order chi connectivity index (χ0) is 10.7. The van der Waals surface area contributed by atoms with E-state index in [1.165, 1.54) is 0 Å². The lowest BCUT2D eigenvalue weighted by atomic mass is 10.2. The Morgan fingerprint density at radius 3 is 3.07 bits per heavy atom. The maximum Gasteiger partial charge on any atom is 0.137 e. The first-order valence-electron chi connectivity index (χ1n) is 5.13. The molecule has 2 rings (SSSR count). The van der Waals surface area contributed by atoms with Crippen LogP contribution in [0.5, 0.6) is 5.75 Å². The zero-order valence-electron chi connectivity index (χ0n) is 8.82. The molecule has 1 aromatic heterocycles. The van der Waals surface area contributed by atoms with Gasteiger partial charge in [-0.15, -0.1) is 0 Å². The van der Waals surface area contributed by atoms with Crippen molar-refractivity contribution in [2.45, 2.75) is 13.3 Å². The Bertz CT molecular complexity index is 448. The van der Waals surface area contributed by atoms with Crippen LogP contribution in [0.3, 0.4) is 0 Å². The Labute approximate surface area is 88.8 Å². The molecule has 0 atom stereocenters. The molecule has 3 nitrogen and oxygen atoms in total. The van der Waals surface area contributed by atoms with E-state index in [9.17, 15) is 0 Å². The van der Waals surface area contributed by atoms with Crippen molar-refractivity contribution in [3.05, 3.63) is 30.0 Å². The van der Waals surface area contributed by atoms with Gasteiger partial charge in [0, 0.05) is 0 Å². The van der Waals surface area contributed by atoms with Crippen molar-refractivity contribution < 1.29 is 9.15 Å². The molecule has 0 aliphatic rings. The van der Waals surface area contributed by atoms with Gasteiger partial charge in [0.1, 0.15) is 17.1 Å². The van der Waals surface area contributed by atoms with Gasteiger partial charge < -0.3 is 14.9 Å². The maximum atomic E-state index is 5.63. The quantitative estimate of drug-likeness (QED) is 0.780. The van der Waals surface area contributed by atoms with Crippen LogP contribution in [0.4, 0.5) is 0 Å². The Hall–Kier alpha value is -1.48. The normalized spacial score (nSPS) is 10.8. The number of hydrogen-bond donors (Lipinski definition) is 1. The highest BCUT2D eigenvalue weighted by atomic mass is 16.5. The van der Waals surface area contributed by atoms with Gasteiger partial charge in [0.25, 0.3) is 0 Å². The maximum absolute atomic E-state index is 5.63. The van der Waals surface area contributed by atoms with E-state index >= 15 is 0 Å². The molecule has 0 bridgehead atoms. The van der Waals surface area contributed by atoms with Crippen molar-refractivity contribution in [2.24, 2.45) is 5.73 Å². The molecule has 2 N–H and O–H groups in total. The van der Waals surface area contributed by atoms with Gasteiger partial charge in [-0.05, 0) is 38.1 Å². The molecule has 0 amide bonds. The van der Waals surface area contributed by atoms with Gasteiger partial charge >= 0.3 is 0 Å². The van der Waals surface area contributed by atoms with Crippen LogP contribution in [0.25, 0.3) is 11.0 Å². The second-order valence-corrected chi connectivity index (χ2v) is 3.52. The van der Waals surface area contributed by atoms with Crippen molar-refractivity contribution in [1.29, 1.82) is 0 Å². The minimum atomic E-state index is 0.653. The molecule has 3 heteroatoms. The van der Waals surface area contributed by atoms with Gasteiger partial charge in [-0.2, -0.15) is 0 Å². The summed E-state index contributed by atoms with van der Waals surface area (Å²) >= 11 is 0. The number of rotatable bonds is 4. The molecule has 0 aliphatic heterocycles. The Morgan fingerprint density at radius 2 is 2.27 bits per heavy atom. The summed E-state index contributed by atoms with van der Waals surface area (Å²) < 4.78 is 11.1. The number of ether oxygens (including phenoxy) is 1. The number of benzene rings is 1. The van der Waals surface area contributed by atoms with E-state index in [2.05, 4.69) is 0 Å². The highest BCUT2D eigenvalue weighted by molar-refractivity contribution is 5.84. The van der Waals surface area contributed by atoms with Gasteiger partial charge in [0.05, 0.1) is 12.0 Å². The van der Waals surface area contributed by atoms with Gasteiger partial charge in [-0.1, -0.05) is 6.07 Å². The monoisotopic (exact) mass is 205 g/mol.